The number of hydrogen-bond donors (Lipinski definition) is 0. The van der Waals surface area contributed by atoms with Crippen LogP contribution in [0.4, 0.5) is 0 Å². The second-order valence-electron chi connectivity index (χ2n) is 5.96. The van der Waals surface area contributed by atoms with Gasteiger partial charge in [-0.2, -0.15) is 0 Å². The molecule has 4 rings (SSSR count). The lowest BCUT2D eigenvalue weighted by atomic mass is 10.0. The molecule has 2 nitrogen and oxygen atoms in total. The van der Waals surface area contributed by atoms with Gasteiger partial charge in [-0.1, -0.05) is 90.5 Å². The van der Waals surface area contributed by atoms with Gasteiger partial charge in [0.2, 0.25) is 0 Å². The van der Waals surface area contributed by atoms with Gasteiger partial charge >= 0.3 is 0 Å². The third-order valence-electron chi connectivity index (χ3n) is 4.31. The highest BCUT2D eigenvalue weighted by atomic mass is 35.5. The van der Waals surface area contributed by atoms with E-state index in [1.807, 2.05) is 97.1 Å². The van der Waals surface area contributed by atoms with E-state index in [0.717, 1.165) is 22.5 Å². The van der Waals surface area contributed by atoms with Gasteiger partial charge in [-0.15, -0.1) is 0 Å². The fourth-order valence-electron chi connectivity index (χ4n) is 3.10. The summed E-state index contributed by atoms with van der Waals surface area (Å²) in [6.07, 6.45) is 0. The average Bonchev–Trinajstić information content (AvgIpc) is 2.70. The van der Waals surface area contributed by atoms with Crippen molar-refractivity contribution in [2.75, 3.05) is 0 Å². The van der Waals surface area contributed by atoms with Crippen molar-refractivity contribution < 1.29 is 0 Å². The normalized spacial score (nSPS) is 10.7. The Hall–Kier alpha value is -3.10. The summed E-state index contributed by atoms with van der Waals surface area (Å²) in [6.45, 7) is 0. The van der Waals surface area contributed by atoms with Crippen LogP contribution in [0.15, 0.2) is 102 Å². The molecule has 0 unspecified atom stereocenters. The zero-order chi connectivity index (χ0) is 17.9. The van der Waals surface area contributed by atoms with Crippen molar-refractivity contribution in [3.63, 3.8) is 0 Å². The van der Waals surface area contributed by atoms with Crippen molar-refractivity contribution >= 4 is 11.6 Å². The van der Waals surface area contributed by atoms with Gasteiger partial charge in [0.05, 0.1) is 16.3 Å². The molecule has 0 bridgehead atoms. The van der Waals surface area contributed by atoms with Crippen LogP contribution < -0.4 is 5.56 Å². The van der Waals surface area contributed by atoms with Crippen molar-refractivity contribution in [1.82, 2.24) is 4.57 Å². The molecule has 126 valence electrons. The number of nitrogens with zero attached hydrogens (tertiary/aromatic N) is 1. The molecule has 0 saturated heterocycles. The number of hydrogen-bond acceptors (Lipinski definition) is 1. The van der Waals surface area contributed by atoms with E-state index in [1.54, 1.807) is 4.57 Å². The fraction of sp³-hybridized carbons (Fsp3) is 0. The van der Waals surface area contributed by atoms with E-state index in [2.05, 4.69) is 0 Å². The maximum atomic E-state index is 13.5. The standard InChI is InChI=1S/C23H16ClNO/c24-20-16-21(17-10-4-1-5-11-17)25(19-14-8-3-9-15-19)23(26)22(20)18-12-6-2-7-13-18/h1-16H. The van der Waals surface area contributed by atoms with E-state index < -0.39 is 0 Å². The first-order chi connectivity index (χ1) is 12.8. The van der Waals surface area contributed by atoms with Crippen molar-refractivity contribution in [3.8, 4) is 28.1 Å². The molecule has 0 amide bonds. The van der Waals surface area contributed by atoms with E-state index in [0.29, 0.717) is 10.6 Å². The zero-order valence-corrected chi connectivity index (χ0v) is 14.7. The summed E-state index contributed by atoms with van der Waals surface area (Å²) in [6, 6.07) is 30.9. The highest BCUT2D eigenvalue weighted by Gasteiger charge is 2.17. The third-order valence-corrected chi connectivity index (χ3v) is 4.60. The number of benzene rings is 3. The second kappa shape index (κ2) is 7.03. The van der Waals surface area contributed by atoms with Gasteiger partial charge in [0.25, 0.3) is 5.56 Å². The van der Waals surface area contributed by atoms with Crippen LogP contribution >= 0.6 is 11.6 Å². The van der Waals surface area contributed by atoms with Gasteiger partial charge in [0.15, 0.2) is 0 Å². The van der Waals surface area contributed by atoms with Crippen LogP contribution in [0, 0.1) is 0 Å². The lowest BCUT2D eigenvalue weighted by Crippen LogP contribution is -2.22. The van der Waals surface area contributed by atoms with Crippen molar-refractivity contribution in [1.29, 1.82) is 0 Å². The summed E-state index contributed by atoms with van der Waals surface area (Å²) in [7, 11) is 0. The van der Waals surface area contributed by atoms with E-state index in [-0.39, 0.29) is 5.56 Å². The largest absolute Gasteiger partial charge is 0.276 e. The summed E-state index contributed by atoms with van der Waals surface area (Å²) in [5.74, 6) is 0. The van der Waals surface area contributed by atoms with Crippen LogP contribution in [0.2, 0.25) is 5.02 Å². The Balaban J connectivity index is 2.07. The molecule has 1 heterocycles. The fourth-order valence-corrected chi connectivity index (χ4v) is 3.39. The molecule has 3 heteroatoms. The predicted octanol–water partition coefficient (Wildman–Crippen LogP) is 5.82. The van der Waals surface area contributed by atoms with Crippen LogP contribution in [-0.4, -0.2) is 4.57 Å². The van der Waals surface area contributed by atoms with Crippen LogP contribution in [0.25, 0.3) is 28.1 Å². The van der Waals surface area contributed by atoms with Crippen LogP contribution in [-0.2, 0) is 0 Å². The number of halogens is 1. The molecule has 0 atom stereocenters. The molecule has 0 aliphatic carbocycles. The monoisotopic (exact) mass is 357 g/mol. The lowest BCUT2D eigenvalue weighted by Gasteiger charge is -2.16. The van der Waals surface area contributed by atoms with Crippen molar-refractivity contribution in [3.05, 3.63) is 112 Å². The topological polar surface area (TPSA) is 22.0 Å². The molecule has 1 aromatic heterocycles. The highest BCUT2D eigenvalue weighted by molar-refractivity contribution is 6.33. The molecule has 0 N–H and O–H groups in total. The molecule has 0 fully saturated rings. The molecule has 0 aliphatic heterocycles. The van der Waals surface area contributed by atoms with E-state index in [1.165, 1.54) is 0 Å². The predicted molar refractivity (Wildman–Crippen MR) is 108 cm³/mol. The Morgan fingerprint density at radius 2 is 1.15 bits per heavy atom. The smallest absolute Gasteiger partial charge is 0.264 e. The van der Waals surface area contributed by atoms with Crippen LogP contribution in [0.5, 0.6) is 0 Å². The Morgan fingerprint density at radius 1 is 0.654 bits per heavy atom. The second-order valence-corrected chi connectivity index (χ2v) is 6.37. The Bertz CT molecular complexity index is 1090. The summed E-state index contributed by atoms with van der Waals surface area (Å²) in [5, 5.41) is 0.451. The molecule has 0 radical (unpaired) electrons. The van der Waals surface area contributed by atoms with Crippen molar-refractivity contribution in [2.45, 2.75) is 0 Å². The number of pyridine rings is 1. The maximum Gasteiger partial charge on any atom is 0.264 e. The summed E-state index contributed by atoms with van der Waals surface area (Å²) in [5.41, 5.74) is 3.71. The van der Waals surface area contributed by atoms with Crippen LogP contribution in [0.3, 0.4) is 0 Å². The Kier molecular flexibility index (Phi) is 4.42. The molecule has 4 aromatic rings. The number of para-hydroxylation sites is 1. The Labute approximate surface area is 156 Å². The van der Waals surface area contributed by atoms with Gasteiger partial charge in [-0.25, -0.2) is 0 Å². The minimum absolute atomic E-state index is 0.131. The quantitative estimate of drug-likeness (QED) is 0.452. The van der Waals surface area contributed by atoms with E-state index in [9.17, 15) is 4.79 Å². The summed E-state index contributed by atoms with van der Waals surface area (Å²) < 4.78 is 1.73. The third kappa shape index (κ3) is 2.96. The number of aromatic nitrogens is 1. The van der Waals surface area contributed by atoms with Crippen molar-refractivity contribution in [2.24, 2.45) is 0 Å². The molecule has 3 aromatic carbocycles. The van der Waals surface area contributed by atoms with Gasteiger partial charge in [-0.05, 0) is 29.3 Å². The summed E-state index contributed by atoms with van der Waals surface area (Å²) >= 11 is 6.57. The van der Waals surface area contributed by atoms with E-state index >= 15 is 0 Å². The van der Waals surface area contributed by atoms with Gasteiger partial charge < -0.3 is 0 Å². The molecule has 0 spiro atoms. The highest BCUT2D eigenvalue weighted by Crippen LogP contribution is 2.30. The summed E-state index contributed by atoms with van der Waals surface area (Å²) in [4.78, 5) is 13.5. The molecule has 0 saturated carbocycles. The average molecular weight is 358 g/mol. The van der Waals surface area contributed by atoms with Gasteiger partial charge in [-0.3, -0.25) is 9.36 Å². The molecule has 0 aliphatic rings. The maximum absolute atomic E-state index is 13.5. The zero-order valence-electron chi connectivity index (χ0n) is 14.0. The molecule has 26 heavy (non-hydrogen) atoms. The SMILES string of the molecule is O=c1c(-c2ccccc2)c(Cl)cc(-c2ccccc2)n1-c1ccccc1. The Morgan fingerprint density at radius 3 is 1.73 bits per heavy atom. The first kappa shape index (κ1) is 16.4. The van der Waals surface area contributed by atoms with Gasteiger partial charge in [0, 0.05) is 5.69 Å². The lowest BCUT2D eigenvalue weighted by molar-refractivity contribution is 1.00. The first-order valence-corrected chi connectivity index (χ1v) is 8.75. The van der Waals surface area contributed by atoms with Gasteiger partial charge in [0.1, 0.15) is 0 Å². The van der Waals surface area contributed by atoms with Crippen LogP contribution in [0.1, 0.15) is 0 Å². The molecular weight excluding hydrogens is 342 g/mol. The number of rotatable bonds is 3. The minimum atomic E-state index is -0.131. The minimum Gasteiger partial charge on any atom is -0.276 e. The molecular formula is C23H16ClNO. The van der Waals surface area contributed by atoms with E-state index in [4.69, 9.17) is 11.6 Å². The first-order valence-electron chi connectivity index (χ1n) is 8.37.